The Balaban J connectivity index is 1.83. The molecule has 0 amide bonds. The second kappa shape index (κ2) is 5.88. The van der Waals surface area contributed by atoms with E-state index >= 15 is 0 Å². The number of benzene rings is 1. The molecule has 0 aromatic heterocycles. The van der Waals surface area contributed by atoms with Gasteiger partial charge in [0.1, 0.15) is 0 Å². The van der Waals surface area contributed by atoms with Crippen LogP contribution in [0.25, 0.3) is 0 Å². The number of rotatable bonds is 2. The fraction of sp³-hybridized carbons (Fsp3) is 0.647. The molecule has 1 aromatic carbocycles. The monoisotopic (exact) mass is 309 g/mol. The molecule has 116 valence electrons. The van der Waals surface area contributed by atoms with Gasteiger partial charge in [-0.05, 0) is 50.2 Å². The van der Waals surface area contributed by atoms with Crippen LogP contribution in [0.4, 0.5) is 0 Å². The summed E-state index contributed by atoms with van der Waals surface area (Å²) in [5, 5.41) is 0.759. The first-order valence-electron chi connectivity index (χ1n) is 7.79. The Morgan fingerprint density at radius 2 is 1.95 bits per heavy atom. The standard InChI is InChI=1S/C17H24ClNO2/c1-16(19,14-4-2-3-5-15(14)18)13-6-9-21-17(12-13)7-10-20-11-8-17/h2-5,13H,6-12,19H2,1H3. The molecule has 2 N–H and O–H groups in total. The van der Waals surface area contributed by atoms with Gasteiger partial charge in [-0.2, -0.15) is 0 Å². The normalized spacial score (nSPS) is 28.2. The maximum absolute atomic E-state index is 6.73. The van der Waals surface area contributed by atoms with Crippen LogP contribution in [0.5, 0.6) is 0 Å². The van der Waals surface area contributed by atoms with Crippen molar-refractivity contribution in [2.45, 2.75) is 43.7 Å². The zero-order chi connectivity index (χ0) is 14.9. The Morgan fingerprint density at radius 1 is 1.24 bits per heavy atom. The van der Waals surface area contributed by atoms with E-state index in [9.17, 15) is 0 Å². The van der Waals surface area contributed by atoms with Gasteiger partial charge >= 0.3 is 0 Å². The van der Waals surface area contributed by atoms with Crippen LogP contribution in [0.3, 0.4) is 0 Å². The van der Waals surface area contributed by atoms with Crippen molar-refractivity contribution in [1.29, 1.82) is 0 Å². The van der Waals surface area contributed by atoms with E-state index in [0.717, 1.165) is 56.1 Å². The summed E-state index contributed by atoms with van der Waals surface area (Å²) in [6.45, 7) is 4.47. The van der Waals surface area contributed by atoms with Crippen LogP contribution in [0.2, 0.25) is 5.02 Å². The van der Waals surface area contributed by atoms with Crippen molar-refractivity contribution >= 4 is 11.6 Å². The summed E-state index contributed by atoms with van der Waals surface area (Å²) < 4.78 is 11.6. The Bertz CT molecular complexity index is 492. The molecule has 2 unspecified atom stereocenters. The highest BCUT2D eigenvalue weighted by Gasteiger charge is 2.45. The van der Waals surface area contributed by atoms with Gasteiger partial charge in [-0.3, -0.25) is 0 Å². The fourth-order valence-electron chi connectivity index (χ4n) is 3.75. The first kappa shape index (κ1) is 15.3. The van der Waals surface area contributed by atoms with Gasteiger partial charge in [0.2, 0.25) is 0 Å². The van der Waals surface area contributed by atoms with Gasteiger partial charge in [-0.15, -0.1) is 0 Å². The predicted molar refractivity (Wildman–Crippen MR) is 84.5 cm³/mol. The second-order valence-corrected chi connectivity index (χ2v) is 7.00. The SMILES string of the molecule is CC(N)(c1ccccc1Cl)C1CCOC2(CCOCC2)C1. The van der Waals surface area contributed by atoms with Gasteiger partial charge in [0.15, 0.2) is 0 Å². The lowest BCUT2D eigenvalue weighted by Crippen LogP contribution is -2.51. The molecule has 2 aliphatic rings. The Hall–Kier alpha value is -0.610. The van der Waals surface area contributed by atoms with Gasteiger partial charge in [0.25, 0.3) is 0 Å². The average molecular weight is 310 g/mol. The predicted octanol–water partition coefficient (Wildman–Crippen LogP) is 3.49. The average Bonchev–Trinajstić information content (AvgIpc) is 2.48. The van der Waals surface area contributed by atoms with Gasteiger partial charge in [-0.25, -0.2) is 0 Å². The number of hydrogen-bond donors (Lipinski definition) is 1. The summed E-state index contributed by atoms with van der Waals surface area (Å²) in [6.07, 6.45) is 3.93. The molecular weight excluding hydrogens is 286 g/mol. The summed E-state index contributed by atoms with van der Waals surface area (Å²) in [4.78, 5) is 0. The number of hydrogen-bond acceptors (Lipinski definition) is 3. The molecule has 0 aliphatic carbocycles. The van der Waals surface area contributed by atoms with Crippen LogP contribution in [-0.2, 0) is 15.0 Å². The van der Waals surface area contributed by atoms with Crippen LogP contribution >= 0.6 is 11.6 Å². The maximum atomic E-state index is 6.73. The molecular formula is C17H24ClNO2. The molecule has 3 rings (SSSR count). The summed E-state index contributed by atoms with van der Waals surface area (Å²) in [5.74, 6) is 0.379. The topological polar surface area (TPSA) is 44.5 Å². The molecule has 2 heterocycles. The van der Waals surface area contributed by atoms with E-state index in [-0.39, 0.29) is 5.60 Å². The summed E-state index contributed by atoms with van der Waals surface area (Å²) in [7, 11) is 0. The highest BCUT2D eigenvalue weighted by molar-refractivity contribution is 6.31. The largest absolute Gasteiger partial charge is 0.381 e. The van der Waals surface area contributed by atoms with E-state index in [1.165, 1.54) is 0 Å². The zero-order valence-corrected chi connectivity index (χ0v) is 13.4. The van der Waals surface area contributed by atoms with E-state index in [1.807, 2.05) is 18.2 Å². The molecule has 2 saturated heterocycles. The zero-order valence-electron chi connectivity index (χ0n) is 12.6. The Labute approximate surface area is 131 Å². The Morgan fingerprint density at radius 3 is 2.67 bits per heavy atom. The van der Waals surface area contributed by atoms with Crippen molar-refractivity contribution in [3.05, 3.63) is 34.9 Å². The first-order valence-corrected chi connectivity index (χ1v) is 8.17. The molecule has 3 nitrogen and oxygen atoms in total. The quantitative estimate of drug-likeness (QED) is 0.909. The first-order chi connectivity index (χ1) is 10.0. The molecule has 2 atom stereocenters. The summed E-state index contributed by atoms with van der Waals surface area (Å²) >= 11 is 6.37. The van der Waals surface area contributed by atoms with E-state index in [0.29, 0.717) is 5.92 Å². The molecule has 0 bridgehead atoms. The molecule has 21 heavy (non-hydrogen) atoms. The minimum absolute atomic E-state index is 0.0386. The lowest BCUT2D eigenvalue weighted by Gasteiger charge is -2.48. The van der Waals surface area contributed by atoms with Gasteiger partial charge in [0.05, 0.1) is 5.60 Å². The van der Waals surface area contributed by atoms with Crippen LogP contribution < -0.4 is 5.73 Å². The molecule has 2 aliphatic heterocycles. The number of nitrogens with two attached hydrogens (primary N) is 1. The molecule has 4 heteroatoms. The second-order valence-electron chi connectivity index (χ2n) is 6.60. The van der Waals surface area contributed by atoms with Crippen molar-refractivity contribution in [3.63, 3.8) is 0 Å². The van der Waals surface area contributed by atoms with Crippen LogP contribution in [0, 0.1) is 5.92 Å². The Kier molecular flexibility index (Phi) is 4.28. The molecule has 0 radical (unpaired) electrons. The molecule has 1 spiro atoms. The highest BCUT2D eigenvalue weighted by Crippen LogP contribution is 2.44. The van der Waals surface area contributed by atoms with Crippen molar-refractivity contribution in [1.82, 2.24) is 0 Å². The van der Waals surface area contributed by atoms with Gasteiger partial charge < -0.3 is 15.2 Å². The maximum Gasteiger partial charge on any atom is 0.0729 e. The minimum Gasteiger partial charge on any atom is -0.381 e. The fourth-order valence-corrected chi connectivity index (χ4v) is 4.09. The van der Waals surface area contributed by atoms with Gasteiger partial charge in [-0.1, -0.05) is 29.8 Å². The number of ether oxygens (including phenoxy) is 2. The van der Waals surface area contributed by atoms with Crippen LogP contribution in [0.15, 0.2) is 24.3 Å². The van der Waals surface area contributed by atoms with Crippen molar-refractivity contribution in [2.75, 3.05) is 19.8 Å². The van der Waals surface area contributed by atoms with Crippen LogP contribution in [-0.4, -0.2) is 25.4 Å². The van der Waals surface area contributed by atoms with E-state index in [1.54, 1.807) is 0 Å². The lowest BCUT2D eigenvalue weighted by atomic mass is 9.70. The van der Waals surface area contributed by atoms with Crippen molar-refractivity contribution in [2.24, 2.45) is 11.7 Å². The van der Waals surface area contributed by atoms with Crippen molar-refractivity contribution in [3.8, 4) is 0 Å². The number of halogens is 1. The lowest BCUT2D eigenvalue weighted by molar-refractivity contribution is -0.154. The molecule has 1 aromatic rings. The van der Waals surface area contributed by atoms with E-state index < -0.39 is 5.54 Å². The summed E-state index contributed by atoms with van der Waals surface area (Å²) in [5.41, 5.74) is 7.31. The van der Waals surface area contributed by atoms with Crippen LogP contribution in [0.1, 0.15) is 38.2 Å². The van der Waals surface area contributed by atoms with E-state index in [2.05, 4.69) is 13.0 Å². The highest BCUT2D eigenvalue weighted by atomic mass is 35.5. The van der Waals surface area contributed by atoms with Gasteiger partial charge in [0, 0.05) is 30.4 Å². The van der Waals surface area contributed by atoms with Crippen molar-refractivity contribution < 1.29 is 9.47 Å². The van der Waals surface area contributed by atoms with E-state index in [4.69, 9.17) is 26.8 Å². The third kappa shape index (κ3) is 2.98. The molecule has 2 fully saturated rings. The third-order valence-electron chi connectivity index (χ3n) is 5.20. The summed E-state index contributed by atoms with van der Waals surface area (Å²) in [6, 6.07) is 7.93. The molecule has 0 saturated carbocycles. The third-order valence-corrected chi connectivity index (χ3v) is 5.53. The smallest absolute Gasteiger partial charge is 0.0729 e. The minimum atomic E-state index is -0.423.